The van der Waals surface area contributed by atoms with Gasteiger partial charge in [0.1, 0.15) is 5.82 Å². The van der Waals surface area contributed by atoms with Crippen molar-refractivity contribution in [1.82, 2.24) is 19.7 Å². The van der Waals surface area contributed by atoms with Crippen molar-refractivity contribution >= 4 is 11.0 Å². The Morgan fingerprint density at radius 2 is 1.80 bits per heavy atom. The number of rotatable bonds is 2. The van der Waals surface area contributed by atoms with E-state index < -0.39 is 11.1 Å². The summed E-state index contributed by atoms with van der Waals surface area (Å²) in [5.41, 5.74) is 0.939. The van der Waals surface area contributed by atoms with Crippen LogP contribution in [0.5, 0.6) is 0 Å². The van der Waals surface area contributed by atoms with E-state index in [4.69, 9.17) is 4.52 Å². The topological polar surface area (TPSA) is 93.8 Å². The molecule has 25 heavy (non-hydrogen) atoms. The first-order chi connectivity index (χ1) is 12.0. The zero-order valence-corrected chi connectivity index (χ0v) is 13.0. The lowest BCUT2D eigenvalue weighted by molar-refractivity contribution is 0.432. The maximum Gasteiger partial charge on any atom is 0.316 e. The molecule has 4 aromatic rings. The summed E-state index contributed by atoms with van der Waals surface area (Å²) in [6.07, 6.45) is 0. The van der Waals surface area contributed by atoms with Gasteiger partial charge in [0.05, 0.1) is 11.0 Å². The number of H-pyrrole nitrogens is 1. The molecule has 124 valence electrons. The van der Waals surface area contributed by atoms with Crippen LogP contribution in [0.1, 0.15) is 0 Å². The van der Waals surface area contributed by atoms with Crippen molar-refractivity contribution in [2.45, 2.75) is 0 Å². The van der Waals surface area contributed by atoms with E-state index in [1.165, 1.54) is 23.7 Å². The van der Waals surface area contributed by atoms with Gasteiger partial charge in [-0.25, -0.2) is 4.39 Å². The van der Waals surface area contributed by atoms with E-state index in [9.17, 15) is 14.0 Å². The number of aromatic amines is 1. The fourth-order valence-electron chi connectivity index (χ4n) is 2.56. The van der Waals surface area contributed by atoms with Gasteiger partial charge in [-0.1, -0.05) is 5.16 Å². The largest absolute Gasteiger partial charge is 0.334 e. The Morgan fingerprint density at radius 3 is 2.56 bits per heavy atom. The molecule has 2 aromatic carbocycles. The van der Waals surface area contributed by atoms with Crippen LogP contribution in [-0.4, -0.2) is 19.7 Å². The number of hydrogen-bond donors (Lipinski definition) is 1. The molecule has 0 aliphatic heterocycles. The van der Waals surface area contributed by atoms with Gasteiger partial charge >= 0.3 is 11.1 Å². The molecule has 7 nitrogen and oxygen atoms in total. The first-order valence-electron chi connectivity index (χ1n) is 7.36. The summed E-state index contributed by atoms with van der Waals surface area (Å²) in [6.45, 7) is 0. The minimum absolute atomic E-state index is 0.254. The Morgan fingerprint density at radius 1 is 1.08 bits per heavy atom. The quantitative estimate of drug-likeness (QED) is 0.565. The number of aryl methyl sites for hydroxylation is 1. The lowest BCUT2D eigenvalue weighted by Crippen LogP contribution is -2.34. The second-order valence-corrected chi connectivity index (χ2v) is 5.48. The summed E-state index contributed by atoms with van der Waals surface area (Å²) in [7, 11) is 1.53. The molecule has 0 bridgehead atoms. The molecule has 0 aliphatic carbocycles. The van der Waals surface area contributed by atoms with Crippen molar-refractivity contribution in [2.75, 3.05) is 0 Å². The van der Waals surface area contributed by atoms with Gasteiger partial charge in [-0.3, -0.25) is 9.59 Å². The van der Waals surface area contributed by atoms with Crippen molar-refractivity contribution in [3.8, 4) is 22.8 Å². The first-order valence-corrected chi connectivity index (χ1v) is 7.36. The smallest absolute Gasteiger partial charge is 0.316 e. The molecule has 1 N–H and O–H groups in total. The third kappa shape index (κ3) is 2.53. The molecule has 0 unspecified atom stereocenters. The number of halogens is 1. The van der Waals surface area contributed by atoms with Crippen LogP contribution in [0.3, 0.4) is 0 Å². The Labute approximate surface area is 139 Å². The van der Waals surface area contributed by atoms with Crippen LogP contribution in [0, 0.1) is 5.82 Å². The maximum absolute atomic E-state index is 13.0. The van der Waals surface area contributed by atoms with Gasteiger partial charge in [-0.2, -0.15) is 4.98 Å². The van der Waals surface area contributed by atoms with E-state index in [0.717, 1.165) is 0 Å². The van der Waals surface area contributed by atoms with Crippen LogP contribution in [0.25, 0.3) is 33.9 Å². The van der Waals surface area contributed by atoms with Crippen LogP contribution in [0.4, 0.5) is 4.39 Å². The van der Waals surface area contributed by atoms with Gasteiger partial charge in [0.2, 0.25) is 5.82 Å². The van der Waals surface area contributed by atoms with Crippen molar-refractivity contribution in [3.63, 3.8) is 0 Å². The maximum atomic E-state index is 13.0. The average Bonchev–Trinajstić information content (AvgIpc) is 3.10. The molecule has 2 heterocycles. The van der Waals surface area contributed by atoms with Crippen LogP contribution in [-0.2, 0) is 7.05 Å². The second-order valence-electron chi connectivity index (χ2n) is 5.48. The van der Waals surface area contributed by atoms with E-state index in [2.05, 4.69) is 15.1 Å². The Bertz CT molecular complexity index is 1210. The van der Waals surface area contributed by atoms with Crippen LogP contribution in [0.2, 0.25) is 0 Å². The van der Waals surface area contributed by atoms with E-state index in [1.54, 1.807) is 30.3 Å². The summed E-state index contributed by atoms with van der Waals surface area (Å²) in [5, 5.41) is 3.91. The fraction of sp³-hybridized carbons (Fsp3) is 0.0588. The van der Waals surface area contributed by atoms with Crippen molar-refractivity contribution in [1.29, 1.82) is 0 Å². The first kappa shape index (κ1) is 15.0. The zero-order chi connectivity index (χ0) is 17.6. The number of fused-ring (bicyclic) bond motifs is 1. The van der Waals surface area contributed by atoms with Crippen molar-refractivity contribution in [2.24, 2.45) is 7.05 Å². The van der Waals surface area contributed by atoms with Crippen LogP contribution >= 0.6 is 0 Å². The number of hydrogen-bond acceptors (Lipinski definition) is 5. The van der Waals surface area contributed by atoms with Gasteiger partial charge < -0.3 is 14.1 Å². The molecule has 0 saturated heterocycles. The lowest BCUT2D eigenvalue weighted by Gasteiger charge is -2.04. The number of aromatic nitrogens is 4. The van der Waals surface area contributed by atoms with Gasteiger partial charge in [-0.15, -0.1) is 0 Å². The second kappa shape index (κ2) is 5.52. The zero-order valence-electron chi connectivity index (χ0n) is 13.0. The Hall–Kier alpha value is -3.55. The van der Waals surface area contributed by atoms with E-state index in [-0.39, 0.29) is 11.7 Å². The highest BCUT2D eigenvalue weighted by Gasteiger charge is 2.12. The molecule has 2 aromatic heterocycles. The summed E-state index contributed by atoms with van der Waals surface area (Å²) < 4.78 is 19.5. The number of nitrogens with one attached hydrogen (secondary N) is 1. The molecule has 8 heteroatoms. The van der Waals surface area contributed by atoms with Crippen LogP contribution in [0.15, 0.2) is 56.6 Å². The standard InChI is InChI=1S/C17H11FN4O3/c1-22-13-7-4-10(8-12(13)19-15(23)17(22)24)14-20-16(25-21-14)9-2-5-11(18)6-3-9/h2-8H,1H3,(H,19,23). The predicted molar refractivity (Wildman–Crippen MR) is 88.5 cm³/mol. The average molecular weight is 338 g/mol. The molecule has 4 rings (SSSR count). The van der Waals surface area contributed by atoms with Gasteiger partial charge in [0.15, 0.2) is 0 Å². The van der Waals surface area contributed by atoms with Crippen LogP contribution < -0.4 is 11.1 Å². The van der Waals surface area contributed by atoms with Crippen molar-refractivity contribution in [3.05, 3.63) is 69.0 Å². The molecule has 0 radical (unpaired) electrons. The minimum atomic E-state index is -0.702. The molecule has 0 fully saturated rings. The van der Waals surface area contributed by atoms with E-state index in [1.807, 2.05) is 0 Å². The van der Waals surface area contributed by atoms with Crippen molar-refractivity contribution < 1.29 is 8.91 Å². The van der Waals surface area contributed by atoms with Gasteiger partial charge in [0.25, 0.3) is 5.89 Å². The van der Waals surface area contributed by atoms with E-state index >= 15 is 0 Å². The lowest BCUT2D eigenvalue weighted by atomic mass is 10.1. The number of benzene rings is 2. The highest BCUT2D eigenvalue weighted by molar-refractivity contribution is 5.80. The third-order valence-electron chi connectivity index (χ3n) is 3.88. The van der Waals surface area contributed by atoms with Gasteiger partial charge in [-0.05, 0) is 42.5 Å². The summed E-state index contributed by atoms with van der Waals surface area (Å²) in [4.78, 5) is 30.1. The Balaban J connectivity index is 1.80. The monoisotopic (exact) mass is 338 g/mol. The predicted octanol–water partition coefficient (Wildman–Crippen LogP) is 2.08. The molecular formula is C17H11FN4O3. The normalized spacial score (nSPS) is 11.1. The summed E-state index contributed by atoms with van der Waals surface area (Å²) in [6, 6.07) is 10.8. The molecule has 0 amide bonds. The highest BCUT2D eigenvalue weighted by atomic mass is 19.1. The molecule has 0 saturated carbocycles. The highest BCUT2D eigenvalue weighted by Crippen LogP contribution is 2.24. The number of nitrogens with zero attached hydrogens (tertiary/aromatic N) is 3. The minimum Gasteiger partial charge on any atom is -0.334 e. The molecule has 0 spiro atoms. The summed E-state index contributed by atoms with van der Waals surface area (Å²) in [5.74, 6) is 0.215. The summed E-state index contributed by atoms with van der Waals surface area (Å²) >= 11 is 0. The molecule has 0 aliphatic rings. The molecule has 0 atom stereocenters. The Kier molecular flexibility index (Phi) is 3.31. The SMILES string of the molecule is Cn1c(=O)c(=O)[nH]c2cc(-c3noc(-c4ccc(F)cc4)n3)ccc21. The van der Waals surface area contributed by atoms with Gasteiger partial charge in [0, 0.05) is 18.2 Å². The third-order valence-corrected chi connectivity index (χ3v) is 3.88. The fourth-order valence-corrected chi connectivity index (χ4v) is 2.56. The molecular weight excluding hydrogens is 327 g/mol. The van der Waals surface area contributed by atoms with E-state index in [0.29, 0.717) is 28.0 Å².